The van der Waals surface area contributed by atoms with Gasteiger partial charge >= 0.3 is 0 Å². The van der Waals surface area contributed by atoms with E-state index in [-0.39, 0.29) is 2.85 Å². The summed E-state index contributed by atoms with van der Waals surface area (Å²) in [6.07, 6.45) is 2.77. The van der Waals surface area contributed by atoms with Gasteiger partial charge in [-0.3, -0.25) is 0 Å². The van der Waals surface area contributed by atoms with Crippen molar-refractivity contribution < 1.29 is 2.85 Å². The molecule has 0 aromatic rings. The summed E-state index contributed by atoms with van der Waals surface area (Å²) in [5.41, 5.74) is 0. The third-order valence-corrected chi connectivity index (χ3v) is 2.12. The molecule has 2 unspecified atom stereocenters. The minimum atomic E-state index is 0. The number of hydrogen-bond donors (Lipinski definition) is 2. The van der Waals surface area contributed by atoms with E-state index in [1.807, 2.05) is 0 Å². The van der Waals surface area contributed by atoms with Crippen LogP contribution in [-0.4, -0.2) is 25.2 Å². The highest BCUT2D eigenvalue weighted by molar-refractivity contribution is 4.90. The van der Waals surface area contributed by atoms with E-state index in [1.54, 1.807) is 0 Å². The Hall–Kier alpha value is -0.0800. The van der Waals surface area contributed by atoms with Gasteiger partial charge in [-0.1, -0.05) is 0 Å². The van der Waals surface area contributed by atoms with E-state index in [2.05, 4.69) is 10.6 Å². The standard InChI is InChI=1S/C6H12N2.2H2/c1-2-6-4-7-3-5(1)8-6;;/h5-8H,1-4H2;2*1H. The molecule has 0 aliphatic carbocycles. The number of nitrogens with one attached hydrogen (secondary N) is 2. The molecule has 0 aromatic carbocycles. The molecular weight excluding hydrogens is 100 g/mol. The van der Waals surface area contributed by atoms with Gasteiger partial charge in [0, 0.05) is 28.0 Å². The minimum Gasteiger partial charge on any atom is -0.314 e. The highest BCUT2D eigenvalue weighted by Crippen LogP contribution is 2.13. The maximum absolute atomic E-state index is 3.53. The number of fused-ring (bicyclic) bond motifs is 2. The van der Waals surface area contributed by atoms with Crippen LogP contribution in [0.25, 0.3) is 0 Å². The fraction of sp³-hybridized carbons (Fsp3) is 1.00. The van der Waals surface area contributed by atoms with Crippen molar-refractivity contribution in [1.29, 1.82) is 0 Å². The van der Waals surface area contributed by atoms with Gasteiger partial charge < -0.3 is 10.6 Å². The zero-order chi connectivity index (χ0) is 5.40. The van der Waals surface area contributed by atoms with E-state index >= 15 is 0 Å². The Morgan fingerprint density at radius 1 is 1.12 bits per heavy atom. The maximum Gasteiger partial charge on any atom is 0.0196 e. The zero-order valence-electron chi connectivity index (χ0n) is 4.98. The molecule has 0 saturated carbocycles. The first-order valence-corrected chi connectivity index (χ1v) is 3.42. The van der Waals surface area contributed by atoms with E-state index in [0.29, 0.717) is 0 Å². The van der Waals surface area contributed by atoms with Gasteiger partial charge in [0.15, 0.2) is 0 Å². The van der Waals surface area contributed by atoms with E-state index in [1.165, 1.54) is 25.9 Å². The lowest BCUT2D eigenvalue weighted by Crippen LogP contribution is -2.48. The van der Waals surface area contributed by atoms with Gasteiger partial charge in [-0.25, -0.2) is 0 Å². The normalized spacial score (nSPS) is 45.0. The molecule has 2 fully saturated rings. The molecule has 0 amide bonds. The van der Waals surface area contributed by atoms with E-state index in [4.69, 9.17) is 0 Å². The maximum atomic E-state index is 3.53. The summed E-state index contributed by atoms with van der Waals surface area (Å²) in [6, 6.07) is 1.60. The van der Waals surface area contributed by atoms with Gasteiger partial charge in [-0.15, -0.1) is 0 Å². The first kappa shape index (κ1) is 4.77. The summed E-state index contributed by atoms with van der Waals surface area (Å²) in [7, 11) is 0. The van der Waals surface area contributed by atoms with Crippen LogP contribution in [0.2, 0.25) is 0 Å². The van der Waals surface area contributed by atoms with Gasteiger partial charge in [0.25, 0.3) is 0 Å². The molecule has 2 atom stereocenters. The average Bonchev–Trinajstić information content (AvgIpc) is 2.12. The summed E-state index contributed by atoms with van der Waals surface area (Å²) in [5, 5.41) is 6.91. The summed E-state index contributed by atoms with van der Waals surface area (Å²) >= 11 is 0. The Balaban J connectivity index is 0.000000405. The smallest absolute Gasteiger partial charge is 0.0196 e. The number of piperazine rings is 1. The highest BCUT2D eigenvalue weighted by Gasteiger charge is 2.26. The SMILES string of the molecule is C1CC2CNCC1N2.[HH].[HH]. The molecule has 8 heavy (non-hydrogen) atoms. The first-order valence-electron chi connectivity index (χ1n) is 3.42. The average molecular weight is 116 g/mol. The molecule has 0 spiro atoms. The molecule has 2 N–H and O–H groups in total. The number of hydrogen-bond acceptors (Lipinski definition) is 2. The van der Waals surface area contributed by atoms with E-state index < -0.39 is 0 Å². The molecule has 2 bridgehead atoms. The molecule has 2 heterocycles. The molecule has 2 aliphatic heterocycles. The lowest BCUT2D eigenvalue weighted by Gasteiger charge is -2.21. The van der Waals surface area contributed by atoms with Crippen LogP contribution in [0.15, 0.2) is 0 Å². The molecule has 2 rings (SSSR count). The van der Waals surface area contributed by atoms with Gasteiger partial charge in [0.05, 0.1) is 0 Å². The molecule has 2 heteroatoms. The Bertz CT molecular complexity index is 85.7. The molecule has 2 nitrogen and oxygen atoms in total. The fourth-order valence-electron chi connectivity index (χ4n) is 1.66. The summed E-state index contributed by atoms with van der Waals surface area (Å²) in [5.74, 6) is 0. The van der Waals surface area contributed by atoms with Crippen molar-refractivity contribution in [2.75, 3.05) is 13.1 Å². The van der Waals surface area contributed by atoms with Crippen molar-refractivity contribution in [3.63, 3.8) is 0 Å². The van der Waals surface area contributed by atoms with Crippen LogP contribution in [0, 0.1) is 0 Å². The molecular formula is C6H16N2. The summed E-state index contributed by atoms with van der Waals surface area (Å²) < 4.78 is 0. The lowest BCUT2D eigenvalue weighted by molar-refractivity contribution is 0.423. The Morgan fingerprint density at radius 2 is 1.75 bits per heavy atom. The minimum absolute atomic E-state index is 0. The molecule has 2 aliphatic rings. The van der Waals surface area contributed by atoms with Crippen LogP contribution in [-0.2, 0) is 0 Å². The topological polar surface area (TPSA) is 24.1 Å². The third kappa shape index (κ3) is 0.644. The molecule has 0 aromatic heterocycles. The summed E-state index contributed by atoms with van der Waals surface area (Å²) in [4.78, 5) is 0. The van der Waals surface area contributed by atoms with Crippen LogP contribution >= 0.6 is 0 Å². The Kier molecular flexibility index (Phi) is 1.02. The van der Waals surface area contributed by atoms with Crippen LogP contribution in [0.5, 0.6) is 0 Å². The molecule has 2 saturated heterocycles. The second-order valence-corrected chi connectivity index (χ2v) is 2.80. The summed E-state index contributed by atoms with van der Waals surface area (Å²) in [6.45, 7) is 2.38. The molecule has 0 radical (unpaired) electrons. The predicted molar refractivity (Wildman–Crippen MR) is 37.0 cm³/mol. The predicted octanol–water partition coefficient (Wildman–Crippen LogP) is 0.202. The Morgan fingerprint density at radius 3 is 2.25 bits per heavy atom. The highest BCUT2D eigenvalue weighted by atomic mass is 15.1. The lowest BCUT2D eigenvalue weighted by atomic mass is 10.2. The van der Waals surface area contributed by atoms with Gasteiger partial charge in [0.1, 0.15) is 0 Å². The quantitative estimate of drug-likeness (QED) is 0.472. The molecule has 50 valence electrons. The zero-order valence-corrected chi connectivity index (χ0v) is 4.98. The second kappa shape index (κ2) is 1.71. The third-order valence-electron chi connectivity index (χ3n) is 2.12. The van der Waals surface area contributed by atoms with Crippen molar-refractivity contribution in [3.8, 4) is 0 Å². The van der Waals surface area contributed by atoms with Crippen LogP contribution in [0.4, 0.5) is 0 Å². The van der Waals surface area contributed by atoms with Crippen molar-refractivity contribution >= 4 is 0 Å². The van der Waals surface area contributed by atoms with E-state index in [9.17, 15) is 0 Å². The second-order valence-electron chi connectivity index (χ2n) is 2.80. The monoisotopic (exact) mass is 116 g/mol. The Labute approximate surface area is 52.6 Å². The number of rotatable bonds is 0. The van der Waals surface area contributed by atoms with Gasteiger partial charge in [-0.2, -0.15) is 0 Å². The van der Waals surface area contributed by atoms with Crippen LogP contribution in [0.3, 0.4) is 0 Å². The fourth-order valence-corrected chi connectivity index (χ4v) is 1.66. The van der Waals surface area contributed by atoms with Crippen molar-refractivity contribution in [3.05, 3.63) is 0 Å². The van der Waals surface area contributed by atoms with E-state index in [0.717, 1.165) is 12.1 Å². The van der Waals surface area contributed by atoms with Crippen LogP contribution < -0.4 is 10.6 Å². The van der Waals surface area contributed by atoms with Crippen molar-refractivity contribution in [1.82, 2.24) is 10.6 Å². The van der Waals surface area contributed by atoms with Crippen molar-refractivity contribution in [2.24, 2.45) is 0 Å². The van der Waals surface area contributed by atoms with Gasteiger partial charge in [-0.05, 0) is 12.8 Å². The largest absolute Gasteiger partial charge is 0.314 e. The van der Waals surface area contributed by atoms with Gasteiger partial charge in [0.2, 0.25) is 0 Å². The van der Waals surface area contributed by atoms with Crippen LogP contribution in [0.1, 0.15) is 15.7 Å². The van der Waals surface area contributed by atoms with Crippen molar-refractivity contribution in [2.45, 2.75) is 24.9 Å². The first-order chi connectivity index (χ1) is 3.95.